The Morgan fingerprint density at radius 3 is 2.25 bits per heavy atom. The zero-order valence-electron chi connectivity index (χ0n) is 30.0. The van der Waals surface area contributed by atoms with Crippen LogP contribution in [-0.2, 0) is 16.5 Å². The molecule has 0 N–H and O–H groups in total. The number of hydrogen-bond acceptors (Lipinski definition) is 2. The monoisotopic (exact) mass is 686 g/mol. The van der Waals surface area contributed by atoms with Crippen LogP contribution in [0.15, 0.2) is 103 Å². The van der Waals surface area contributed by atoms with Gasteiger partial charge in [0.1, 0.15) is 16.8 Å². The summed E-state index contributed by atoms with van der Waals surface area (Å²) in [4.78, 5) is 2.61. The van der Waals surface area contributed by atoms with Crippen molar-refractivity contribution in [2.24, 2.45) is 17.8 Å². The first kappa shape index (κ1) is 27.2. The zero-order chi connectivity index (χ0) is 34.3. The highest BCUT2D eigenvalue weighted by Crippen LogP contribution is 2.65. The van der Waals surface area contributed by atoms with E-state index in [0.29, 0.717) is 0 Å². The number of pyridine rings is 2. The molecule has 1 spiro atoms. The molecule has 9 aliphatic rings. The number of para-hydroxylation sites is 2. The van der Waals surface area contributed by atoms with E-state index in [0.717, 1.165) is 29.4 Å². The van der Waals surface area contributed by atoms with Crippen molar-refractivity contribution in [2.75, 3.05) is 4.90 Å². The summed E-state index contributed by atoms with van der Waals surface area (Å²) >= 11 is 0. The van der Waals surface area contributed by atoms with Crippen molar-refractivity contribution in [3.8, 4) is 28.7 Å². The van der Waals surface area contributed by atoms with Crippen LogP contribution in [0.25, 0.3) is 38.9 Å². The van der Waals surface area contributed by atoms with Crippen molar-refractivity contribution in [1.82, 2.24) is 4.57 Å². The molecule has 1 unspecified atom stereocenters. The molecule has 254 valence electrons. The van der Waals surface area contributed by atoms with E-state index in [4.69, 9.17) is 4.74 Å². The van der Waals surface area contributed by atoms with Gasteiger partial charge >= 0.3 is 11.5 Å². The van der Waals surface area contributed by atoms with Crippen molar-refractivity contribution < 1.29 is 13.9 Å². The number of benzene rings is 4. The van der Waals surface area contributed by atoms with E-state index >= 15 is 0 Å². The van der Waals surface area contributed by atoms with E-state index in [1.165, 1.54) is 122 Å². The Hall–Kier alpha value is -5.42. The number of fused-ring (bicyclic) bond motifs is 8. The largest absolute Gasteiger partial charge is 0.404 e. The van der Waals surface area contributed by atoms with Gasteiger partial charge in [-0.25, -0.2) is 0 Å². The Kier molecular flexibility index (Phi) is 4.22. The van der Waals surface area contributed by atoms with E-state index in [1.54, 1.807) is 0 Å². The predicted molar refractivity (Wildman–Crippen MR) is 205 cm³/mol. The van der Waals surface area contributed by atoms with Crippen LogP contribution >= 0.6 is 0 Å². The summed E-state index contributed by atoms with van der Waals surface area (Å²) in [5.41, 5.74) is 15.2. The molecule has 53 heavy (non-hydrogen) atoms. The fourth-order valence-electron chi connectivity index (χ4n) is 14.2. The second-order valence-corrected chi connectivity index (χ2v) is 18.4. The lowest BCUT2D eigenvalue weighted by molar-refractivity contribution is -0.936. The van der Waals surface area contributed by atoms with Crippen LogP contribution in [0, 0.1) is 17.8 Å². The summed E-state index contributed by atoms with van der Waals surface area (Å²) in [5.74, 6) is 5.89. The first-order chi connectivity index (χ1) is 26.0. The minimum absolute atomic E-state index is 0.188. The Morgan fingerprint density at radius 1 is 0.642 bits per heavy atom. The molecular weight excluding hydrogens is 649 g/mol. The first-order valence-corrected chi connectivity index (χ1v) is 20.0. The summed E-state index contributed by atoms with van der Waals surface area (Å²) in [6.07, 6.45) is 8.33. The number of anilines is 3. The third-order valence-corrected chi connectivity index (χ3v) is 15.6. The van der Waals surface area contributed by atoms with Gasteiger partial charge in [0.15, 0.2) is 11.4 Å². The van der Waals surface area contributed by atoms with Gasteiger partial charge in [-0.3, -0.25) is 0 Å². The molecule has 5 aliphatic heterocycles. The fraction of sp³-hybridized carbons (Fsp3) is 0.292. The maximum atomic E-state index is 7.35. The molecule has 7 aromatic rings. The average molecular weight is 687 g/mol. The summed E-state index contributed by atoms with van der Waals surface area (Å²) in [6, 6.07) is 39.8. The smallest absolute Gasteiger partial charge is 0.378 e. The lowest BCUT2D eigenvalue weighted by Crippen LogP contribution is -2.76. The van der Waals surface area contributed by atoms with Crippen LogP contribution in [-0.4, -0.2) is 4.57 Å². The minimum atomic E-state index is -0.645. The molecule has 0 amide bonds. The molecule has 4 bridgehead atoms. The van der Waals surface area contributed by atoms with Gasteiger partial charge in [0.25, 0.3) is 11.5 Å². The average Bonchev–Trinajstić information content (AvgIpc) is 3.66. The molecule has 4 aliphatic carbocycles. The standard InChI is InChI=1S/C48H38N4O/c1-46(2)32-9-4-6-11-35(32)50-38-13-7-12-37-42(38)48-43-40(17-14-31-30-8-3-5-10-34(30)49(37)44(31)43)53-41-22-29(47-23-26-18-27(24-47)20-28(19-26)25-47)21-39(51(41)48)36-16-15-33(46)45(50)52(36)48/h3-17,21-22,26-28H,18-20,23-25H2,1-2H3/q+2. The summed E-state index contributed by atoms with van der Waals surface area (Å²) in [5, 5.41) is 2.58. The second-order valence-electron chi connectivity index (χ2n) is 18.4. The Morgan fingerprint density at radius 2 is 1.40 bits per heavy atom. The van der Waals surface area contributed by atoms with E-state index in [1.807, 2.05) is 0 Å². The van der Waals surface area contributed by atoms with Crippen molar-refractivity contribution >= 4 is 39.0 Å². The molecule has 0 radical (unpaired) electrons. The topological polar surface area (TPSA) is 25.2 Å². The van der Waals surface area contributed by atoms with Crippen molar-refractivity contribution in [3.05, 3.63) is 131 Å². The SMILES string of the molecule is CC1(C)c2ccccc2N2c3cccc4c3C35c6c(ccc7c8ccccc8n-4c67)Oc4cc(C67CC8CC(CC(C8)C6)C7)cc([n+]43)-c3ccc1c2[n+]35. The van der Waals surface area contributed by atoms with E-state index in [-0.39, 0.29) is 10.8 Å². The third-order valence-electron chi connectivity index (χ3n) is 15.6. The van der Waals surface area contributed by atoms with E-state index < -0.39 is 5.66 Å². The van der Waals surface area contributed by atoms with Crippen LogP contribution in [0.3, 0.4) is 0 Å². The molecule has 4 aromatic carbocycles. The van der Waals surface area contributed by atoms with Crippen LogP contribution < -0.4 is 18.8 Å². The van der Waals surface area contributed by atoms with Gasteiger partial charge in [0.2, 0.25) is 5.69 Å². The lowest BCUT2D eigenvalue weighted by Gasteiger charge is -2.57. The zero-order valence-corrected chi connectivity index (χ0v) is 30.0. The van der Waals surface area contributed by atoms with Crippen molar-refractivity contribution in [3.63, 3.8) is 0 Å². The molecule has 8 heterocycles. The predicted octanol–water partition coefficient (Wildman–Crippen LogP) is 9.95. The summed E-state index contributed by atoms with van der Waals surface area (Å²) < 4.78 is 15.3. The van der Waals surface area contributed by atoms with Gasteiger partial charge in [0.05, 0.1) is 28.4 Å². The molecule has 1 atom stereocenters. The fourth-order valence-corrected chi connectivity index (χ4v) is 14.2. The normalized spacial score (nSPS) is 28.3. The van der Waals surface area contributed by atoms with Gasteiger partial charge in [-0.05, 0) is 116 Å². The van der Waals surface area contributed by atoms with Gasteiger partial charge in [-0.2, -0.15) is 4.90 Å². The third kappa shape index (κ3) is 2.69. The molecule has 3 aromatic heterocycles. The first-order valence-electron chi connectivity index (χ1n) is 20.0. The molecular formula is C48H38N4O+2. The Balaban J connectivity index is 1.16. The second kappa shape index (κ2) is 8.21. The van der Waals surface area contributed by atoms with Crippen LogP contribution in [0.1, 0.15) is 80.2 Å². The van der Waals surface area contributed by atoms with Crippen molar-refractivity contribution in [2.45, 2.75) is 68.9 Å². The maximum absolute atomic E-state index is 7.35. The van der Waals surface area contributed by atoms with E-state index in [9.17, 15) is 0 Å². The van der Waals surface area contributed by atoms with Gasteiger partial charge in [-0.1, -0.05) is 56.3 Å². The molecule has 0 saturated heterocycles. The number of nitrogens with zero attached hydrogens (tertiary/aromatic N) is 4. The molecule has 5 nitrogen and oxygen atoms in total. The Labute approximate surface area is 307 Å². The summed E-state index contributed by atoms with van der Waals surface area (Å²) in [7, 11) is 0. The molecule has 16 rings (SSSR count). The number of ether oxygens (including phenoxy) is 1. The van der Waals surface area contributed by atoms with Gasteiger partial charge in [-0.15, -0.1) is 9.13 Å². The minimum Gasteiger partial charge on any atom is -0.404 e. The van der Waals surface area contributed by atoms with Gasteiger partial charge in [0, 0.05) is 27.8 Å². The lowest BCUT2D eigenvalue weighted by atomic mass is 9.48. The van der Waals surface area contributed by atoms with Crippen molar-refractivity contribution in [1.29, 1.82) is 0 Å². The summed E-state index contributed by atoms with van der Waals surface area (Å²) in [6.45, 7) is 4.85. The molecule has 4 saturated carbocycles. The highest BCUT2D eigenvalue weighted by molar-refractivity contribution is 6.12. The number of aromatic nitrogens is 3. The highest BCUT2D eigenvalue weighted by Gasteiger charge is 2.73. The molecule has 5 heteroatoms. The van der Waals surface area contributed by atoms with Crippen LogP contribution in [0.5, 0.6) is 11.6 Å². The Bertz CT molecular complexity index is 2930. The number of hydrogen-bond donors (Lipinski definition) is 0. The molecule has 4 fully saturated rings. The van der Waals surface area contributed by atoms with Crippen LogP contribution in [0.2, 0.25) is 0 Å². The number of rotatable bonds is 1. The quantitative estimate of drug-likeness (QED) is 0.161. The van der Waals surface area contributed by atoms with Gasteiger partial charge < -0.3 is 9.30 Å². The van der Waals surface area contributed by atoms with E-state index in [2.05, 4.69) is 136 Å². The van der Waals surface area contributed by atoms with Crippen LogP contribution in [0.4, 0.5) is 17.2 Å². The maximum Gasteiger partial charge on any atom is 0.378 e. The highest BCUT2D eigenvalue weighted by atomic mass is 16.5.